The Hall–Kier alpha value is -1.06. The first kappa shape index (κ1) is 12.4. The van der Waals surface area contributed by atoms with Crippen LogP contribution in [0.25, 0.3) is 0 Å². The lowest BCUT2D eigenvalue weighted by atomic mass is 10.0. The van der Waals surface area contributed by atoms with E-state index in [1.807, 2.05) is 6.07 Å². The molecule has 3 nitrogen and oxygen atoms in total. The van der Waals surface area contributed by atoms with Crippen LogP contribution in [0, 0.1) is 5.92 Å². The van der Waals surface area contributed by atoms with E-state index >= 15 is 0 Å². The van der Waals surface area contributed by atoms with Crippen LogP contribution in [0.15, 0.2) is 24.3 Å². The molecule has 0 amide bonds. The van der Waals surface area contributed by atoms with Gasteiger partial charge in [-0.3, -0.25) is 0 Å². The number of hydrogen-bond acceptors (Lipinski definition) is 3. The normalized spacial score (nSPS) is 21.8. The molecule has 0 aliphatic carbocycles. The van der Waals surface area contributed by atoms with Crippen molar-refractivity contribution in [1.82, 2.24) is 0 Å². The summed E-state index contributed by atoms with van der Waals surface area (Å²) in [4.78, 5) is 2.35. The molecule has 0 bridgehead atoms. The summed E-state index contributed by atoms with van der Waals surface area (Å²) in [5.41, 5.74) is 8.63. The molecule has 2 rings (SSSR count). The van der Waals surface area contributed by atoms with E-state index in [1.165, 1.54) is 11.3 Å². The molecular weight excluding hydrogens is 212 g/mol. The summed E-state index contributed by atoms with van der Waals surface area (Å²) in [6.45, 7) is 4.38. The van der Waals surface area contributed by atoms with E-state index < -0.39 is 0 Å². The Balaban J connectivity index is 2.20. The lowest BCUT2D eigenvalue weighted by Crippen LogP contribution is -2.23. The summed E-state index contributed by atoms with van der Waals surface area (Å²) in [5.74, 6) is 0.418. The van der Waals surface area contributed by atoms with Crippen molar-refractivity contribution in [2.45, 2.75) is 25.8 Å². The van der Waals surface area contributed by atoms with Gasteiger partial charge in [-0.25, -0.2) is 0 Å². The molecule has 1 aromatic carbocycles. The van der Waals surface area contributed by atoms with E-state index in [9.17, 15) is 5.11 Å². The quantitative estimate of drug-likeness (QED) is 0.836. The molecule has 0 saturated carbocycles. The second kappa shape index (κ2) is 5.52. The Morgan fingerprint density at radius 2 is 2.24 bits per heavy atom. The van der Waals surface area contributed by atoms with E-state index in [0.717, 1.165) is 25.9 Å². The molecule has 0 spiro atoms. The third-order valence-electron chi connectivity index (χ3n) is 3.66. The monoisotopic (exact) mass is 234 g/mol. The average Bonchev–Trinajstić information content (AvgIpc) is 2.86. The third-order valence-corrected chi connectivity index (χ3v) is 3.66. The van der Waals surface area contributed by atoms with Crippen LogP contribution in [0.3, 0.4) is 0 Å². The highest BCUT2D eigenvalue weighted by molar-refractivity contribution is 5.55. The second-order valence-electron chi connectivity index (χ2n) is 4.86. The number of para-hydroxylation sites is 1. The van der Waals surface area contributed by atoms with Crippen LogP contribution in [0.2, 0.25) is 0 Å². The Labute approximate surface area is 103 Å². The number of nitrogens with zero attached hydrogens (tertiary/aromatic N) is 1. The lowest BCUT2D eigenvalue weighted by Gasteiger charge is -2.24. The SMILES string of the molecule is CC[C@H](N)c1ccccc1N1CCC(CO)C1. The van der Waals surface area contributed by atoms with Crippen LogP contribution in [-0.2, 0) is 0 Å². The van der Waals surface area contributed by atoms with E-state index in [1.54, 1.807) is 0 Å². The van der Waals surface area contributed by atoms with Crippen molar-refractivity contribution in [2.75, 3.05) is 24.6 Å². The van der Waals surface area contributed by atoms with Gasteiger partial charge < -0.3 is 15.7 Å². The summed E-state index contributed by atoms with van der Waals surface area (Å²) in [6.07, 6.45) is 2.03. The molecule has 1 aromatic rings. The van der Waals surface area contributed by atoms with Gasteiger partial charge >= 0.3 is 0 Å². The molecule has 1 aliphatic heterocycles. The number of aliphatic hydroxyl groups excluding tert-OH is 1. The van der Waals surface area contributed by atoms with E-state index in [2.05, 4.69) is 30.0 Å². The minimum Gasteiger partial charge on any atom is -0.396 e. The maximum atomic E-state index is 9.20. The van der Waals surface area contributed by atoms with Gasteiger partial charge in [0.15, 0.2) is 0 Å². The summed E-state index contributed by atoms with van der Waals surface area (Å²) < 4.78 is 0. The molecule has 1 saturated heterocycles. The molecule has 0 aromatic heterocycles. The summed E-state index contributed by atoms with van der Waals surface area (Å²) in [5, 5.41) is 9.20. The van der Waals surface area contributed by atoms with Crippen molar-refractivity contribution in [3.63, 3.8) is 0 Å². The zero-order chi connectivity index (χ0) is 12.3. The predicted molar refractivity (Wildman–Crippen MR) is 71.1 cm³/mol. The largest absolute Gasteiger partial charge is 0.396 e. The summed E-state index contributed by atoms with van der Waals surface area (Å²) in [6, 6.07) is 8.49. The van der Waals surface area contributed by atoms with Crippen molar-refractivity contribution in [3.05, 3.63) is 29.8 Å². The molecule has 17 heavy (non-hydrogen) atoms. The minimum absolute atomic E-state index is 0.111. The van der Waals surface area contributed by atoms with Gasteiger partial charge in [0.2, 0.25) is 0 Å². The standard InChI is InChI=1S/C14H22N2O/c1-2-13(15)12-5-3-4-6-14(12)16-8-7-11(9-16)10-17/h3-6,11,13,17H,2,7-10,15H2,1H3/t11?,13-/m0/s1. The minimum atomic E-state index is 0.111. The fourth-order valence-electron chi connectivity index (χ4n) is 2.51. The zero-order valence-corrected chi connectivity index (χ0v) is 10.5. The highest BCUT2D eigenvalue weighted by Gasteiger charge is 2.24. The zero-order valence-electron chi connectivity index (χ0n) is 10.5. The first-order valence-corrected chi connectivity index (χ1v) is 6.46. The molecule has 94 valence electrons. The number of anilines is 1. The Morgan fingerprint density at radius 1 is 1.47 bits per heavy atom. The van der Waals surface area contributed by atoms with Crippen LogP contribution in [-0.4, -0.2) is 24.8 Å². The van der Waals surface area contributed by atoms with Crippen LogP contribution >= 0.6 is 0 Å². The van der Waals surface area contributed by atoms with Gasteiger partial charge in [-0.05, 0) is 24.5 Å². The molecule has 2 atom stereocenters. The predicted octanol–water partition coefficient (Wildman–Crippen LogP) is 1.92. The topological polar surface area (TPSA) is 49.5 Å². The summed E-state index contributed by atoms with van der Waals surface area (Å²) in [7, 11) is 0. The number of benzene rings is 1. The first-order chi connectivity index (χ1) is 8.26. The van der Waals surface area contributed by atoms with E-state index in [4.69, 9.17) is 5.73 Å². The number of nitrogens with two attached hydrogens (primary N) is 1. The van der Waals surface area contributed by atoms with Crippen LogP contribution in [0.1, 0.15) is 31.4 Å². The van der Waals surface area contributed by atoms with Crippen molar-refractivity contribution in [1.29, 1.82) is 0 Å². The summed E-state index contributed by atoms with van der Waals surface area (Å²) >= 11 is 0. The van der Waals surface area contributed by atoms with Crippen molar-refractivity contribution < 1.29 is 5.11 Å². The number of aliphatic hydroxyl groups is 1. The highest BCUT2D eigenvalue weighted by atomic mass is 16.3. The Bertz CT molecular complexity index is 367. The fraction of sp³-hybridized carbons (Fsp3) is 0.571. The van der Waals surface area contributed by atoms with Crippen LogP contribution in [0.5, 0.6) is 0 Å². The van der Waals surface area contributed by atoms with E-state index in [-0.39, 0.29) is 6.04 Å². The lowest BCUT2D eigenvalue weighted by molar-refractivity contribution is 0.238. The molecule has 1 aliphatic rings. The molecular formula is C14H22N2O. The fourth-order valence-corrected chi connectivity index (χ4v) is 2.51. The van der Waals surface area contributed by atoms with Crippen molar-refractivity contribution in [2.24, 2.45) is 11.7 Å². The molecule has 3 N–H and O–H groups in total. The second-order valence-corrected chi connectivity index (χ2v) is 4.86. The molecule has 3 heteroatoms. The molecule has 1 unspecified atom stereocenters. The van der Waals surface area contributed by atoms with Gasteiger partial charge in [0.05, 0.1) is 0 Å². The van der Waals surface area contributed by atoms with Gasteiger partial charge in [0.25, 0.3) is 0 Å². The van der Waals surface area contributed by atoms with Crippen molar-refractivity contribution >= 4 is 5.69 Å². The Morgan fingerprint density at radius 3 is 2.88 bits per heavy atom. The molecule has 0 radical (unpaired) electrons. The maximum Gasteiger partial charge on any atom is 0.0476 e. The number of rotatable bonds is 4. The van der Waals surface area contributed by atoms with Gasteiger partial charge in [-0.2, -0.15) is 0 Å². The van der Waals surface area contributed by atoms with Crippen LogP contribution < -0.4 is 10.6 Å². The van der Waals surface area contributed by atoms with E-state index in [0.29, 0.717) is 12.5 Å². The van der Waals surface area contributed by atoms with Gasteiger partial charge in [-0.15, -0.1) is 0 Å². The molecule has 1 heterocycles. The average molecular weight is 234 g/mol. The maximum absolute atomic E-state index is 9.20. The smallest absolute Gasteiger partial charge is 0.0476 e. The number of hydrogen-bond donors (Lipinski definition) is 2. The highest BCUT2D eigenvalue weighted by Crippen LogP contribution is 2.30. The van der Waals surface area contributed by atoms with Gasteiger partial charge in [-0.1, -0.05) is 25.1 Å². The Kier molecular flexibility index (Phi) is 4.02. The van der Waals surface area contributed by atoms with Gasteiger partial charge in [0, 0.05) is 37.3 Å². The third kappa shape index (κ3) is 2.61. The molecule has 1 fully saturated rings. The van der Waals surface area contributed by atoms with Crippen LogP contribution in [0.4, 0.5) is 5.69 Å². The first-order valence-electron chi connectivity index (χ1n) is 6.46. The van der Waals surface area contributed by atoms with Crippen molar-refractivity contribution in [3.8, 4) is 0 Å². The van der Waals surface area contributed by atoms with Gasteiger partial charge in [0.1, 0.15) is 0 Å².